The third-order valence-corrected chi connectivity index (χ3v) is 1.87. The van der Waals surface area contributed by atoms with E-state index in [9.17, 15) is 15.0 Å². The molecule has 0 fully saturated rings. The molecule has 0 unspecified atom stereocenters. The van der Waals surface area contributed by atoms with Gasteiger partial charge in [0.05, 0.1) is 18.6 Å². The minimum Gasteiger partial charge on any atom is -0.460 e. The molecule has 0 rings (SSSR count). The smallest absolute Gasteiger partial charge is 0.308 e. The van der Waals surface area contributed by atoms with Gasteiger partial charge in [-0.25, -0.2) is 0 Å². The molecule has 16 heavy (non-hydrogen) atoms. The summed E-state index contributed by atoms with van der Waals surface area (Å²) in [4.78, 5) is 11.3. The van der Waals surface area contributed by atoms with Crippen LogP contribution in [0.1, 0.15) is 40.0 Å². The summed E-state index contributed by atoms with van der Waals surface area (Å²) in [5.74, 6) is -0.458. The number of ether oxygens (including phenoxy) is 1. The van der Waals surface area contributed by atoms with Crippen LogP contribution in [0.15, 0.2) is 0 Å². The van der Waals surface area contributed by atoms with Crippen molar-refractivity contribution in [2.45, 2.75) is 57.8 Å². The minimum atomic E-state index is -0.878. The zero-order chi connectivity index (χ0) is 12.8. The van der Waals surface area contributed by atoms with Gasteiger partial charge < -0.3 is 20.7 Å². The van der Waals surface area contributed by atoms with Crippen LogP contribution in [0.25, 0.3) is 0 Å². The van der Waals surface area contributed by atoms with Gasteiger partial charge >= 0.3 is 5.97 Å². The topological polar surface area (TPSA) is 92.8 Å². The zero-order valence-corrected chi connectivity index (χ0v) is 10.3. The number of aliphatic hydroxyl groups is 2. The Hall–Kier alpha value is -0.650. The molecular weight excluding hydrogens is 210 g/mol. The highest BCUT2D eigenvalue weighted by Gasteiger charge is 2.20. The lowest BCUT2D eigenvalue weighted by molar-refractivity contribution is -0.157. The summed E-state index contributed by atoms with van der Waals surface area (Å²) in [7, 11) is 0. The van der Waals surface area contributed by atoms with E-state index in [-0.39, 0.29) is 12.8 Å². The molecule has 0 radical (unpaired) electrons. The number of carbonyl (C=O) groups is 1. The second-order valence-electron chi connectivity index (χ2n) is 4.91. The van der Waals surface area contributed by atoms with Crippen LogP contribution >= 0.6 is 0 Å². The molecule has 4 N–H and O–H groups in total. The summed E-state index contributed by atoms with van der Waals surface area (Å²) >= 11 is 0. The van der Waals surface area contributed by atoms with Crippen molar-refractivity contribution in [1.29, 1.82) is 0 Å². The molecular formula is C11H23NO4. The maximum absolute atomic E-state index is 11.3. The average Bonchev–Trinajstić information content (AvgIpc) is 1.98. The molecule has 5 nitrogen and oxygen atoms in total. The number of carbonyl (C=O) groups excluding carboxylic acids is 1. The molecule has 0 amide bonds. The highest BCUT2D eigenvalue weighted by Crippen LogP contribution is 2.11. The third-order valence-electron chi connectivity index (χ3n) is 1.87. The Balaban J connectivity index is 3.87. The molecule has 0 spiro atoms. The molecule has 0 aliphatic heterocycles. The monoisotopic (exact) mass is 233 g/mol. The second-order valence-corrected chi connectivity index (χ2v) is 4.91. The number of hydrogen-bond acceptors (Lipinski definition) is 5. The Morgan fingerprint density at radius 1 is 1.31 bits per heavy atom. The molecule has 96 valence electrons. The lowest BCUT2D eigenvalue weighted by Crippen LogP contribution is -2.28. The number of hydrogen-bond donors (Lipinski definition) is 3. The van der Waals surface area contributed by atoms with Gasteiger partial charge in [0, 0.05) is 0 Å². The van der Waals surface area contributed by atoms with E-state index in [1.807, 2.05) is 0 Å². The summed E-state index contributed by atoms with van der Waals surface area (Å²) in [5.41, 5.74) is 4.71. The van der Waals surface area contributed by atoms with Gasteiger partial charge in [0.15, 0.2) is 0 Å². The first-order chi connectivity index (χ1) is 7.24. The molecule has 0 saturated carbocycles. The van der Waals surface area contributed by atoms with Crippen molar-refractivity contribution in [1.82, 2.24) is 0 Å². The van der Waals surface area contributed by atoms with Crippen molar-refractivity contribution in [3.8, 4) is 0 Å². The normalized spacial score (nSPS) is 15.6. The van der Waals surface area contributed by atoms with E-state index in [1.165, 1.54) is 0 Å². The zero-order valence-electron chi connectivity index (χ0n) is 10.3. The van der Waals surface area contributed by atoms with E-state index in [1.54, 1.807) is 20.8 Å². The van der Waals surface area contributed by atoms with Gasteiger partial charge in [-0.05, 0) is 40.2 Å². The quantitative estimate of drug-likeness (QED) is 0.569. The Labute approximate surface area is 96.6 Å². The van der Waals surface area contributed by atoms with Crippen molar-refractivity contribution >= 4 is 5.97 Å². The molecule has 0 heterocycles. The van der Waals surface area contributed by atoms with E-state index in [4.69, 9.17) is 10.5 Å². The Kier molecular flexibility index (Phi) is 6.55. The molecule has 0 aliphatic rings. The predicted octanol–water partition coefficient (Wildman–Crippen LogP) is 0.179. The van der Waals surface area contributed by atoms with Gasteiger partial charge in [0.25, 0.3) is 0 Å². The maximum atomic E-state index is 11.3. The van der Waals surface area contributed by atoms with Gasteiger partial charge in [0.1, 0.15) is 5.60 Å². The van der Waals surface area contributed by atoms with E-state index < -0.39 is 23.8 Å². The standard InChI is InChI=1S/C11H23NO4/c1-11(2,3)16-10(15)7-9(14)6-8(13)4-5-12/h8-9,13-14H,4-7,12H2,1-3H3/t8-,9-/m1/s1. The Morgan fingerprint density at radius 2 is 1.88 bits per heavy atom. The molecule has 0 aromatic rings. The summed E-state index contributed by atoms with van der Waals surface area (Å²) in [5, 5.41) is 18.9. The van der Waals surface area contributed by atoms with Crippen LogP contribution in [0, 0.1) is 0 Å². The van der Waals surface area contributed by atoms with Crippen LogP contribution < -0.4 is 5.73 Å². The highest BCUT2D eigenvalue weighted by atomic mass is 16.6. The molecule has 0 aromatic carbocycles. The number of aliphatic hydroxyl groups excluding tert-OH is 2. The first-order valence-corrected chi connectivity index (χ1v) is 5.52. The van der Waals surface area contributed by atoms with Gasteiger partial charge in [0.2, 0.25) is 0 Å². The number of esters is 1. The van der Waals surface area contributed by atoms with Gasteiger partial charge in [-0.15, -0.1) is 0 Å². The fourth-order valence-corrected chi connectivity index (χ4v) is 1.28. The third kappa shape index (κ3) is 8.64. The van der Waals surface area contributed by atoms with Gasteiger partial charge in [-0.2, -0.15) is 0 Å². The maximum Gasteiger partial charge on any atom is 0.308 e. The second kappa shape index (κ2) is 6.83. The fourth-order valence-electron chi connectivity index (χ4n) is 1.28. The van der Waals surface area contributed by atoms with Crippen LogP contribution in [0.5, 0.6) is 0 Å². The molecule has 0 saturated heterocycles. The Bertz CT molecular complexity index is 213. The van der Waals surface area contributed by atoms with Crippen LogP contribution in [0.4, 0.5) is 0 Å². The molecule has 0 bridgehead atoms. The van der Waals surface area contributed by atoms with Gasteiger partial charge in [-0.1, -0.05) is 0 Å². The van der Waals surface area contributed by atoms with E-state index in [0.29, 0.717) is 13.0 Å². The van der Waals surface area contributed by atoms with Crippen molar-refractivity contribution in [3.63, 3.8) is 0 Å². The summed E-state index contributed by atoms with van der Waals surface area (Å²) in [6.45, 7) is 5.65. The Morgan fingerprint density at radius 3 is 2.31 bits per heavy atom. The summed E-state index contributed by atoms with van der Waals surface area (Å²) in [6, 6.07) is 0. The van der Waals surface area contributed by atoms with Crippen LogP contribution in [-0.4, -0.2) is 40.5 Å². The van der Waals surface area contributed by atoms with Crippen molar-refractivity contribution in [2.24, 2.45) is 5.73 Å². The largest absolute Gasteiger partial charge is 0.460 e. The number of nitrogens with two attached hydrogens (primary N) is 1. The molecule has 0 aromatic heterocycles. The van der Waals surface area contributed by atoms with Crippen LogP contribution in [0.2, 0.25) is 0 Å². The fraction of sp³-hybridized carbons (Fsp3) is 0.909. The van der Waals surface area contributed by atoms with Crippen molar-refractivity contribution < 1.29 is 19.7 Å². The predicted molar refractivity (Wildman–Crippen MR) is 60.8 cm³/mol. The first-order valence-electron chi connectivity index (χ1n) is 5.52. The summed E-state index contributed by atoms with van der Waals surface area (Å²) < 4.78 is 5.04. The van der Waals surface area contributed by atoms with E-state index in [0.717, 1.165) is 0 Å². The molecule has 2 atom stereocenters. The lowest BCUT2D eigenvalue weighted by atomic mass is 10.1. The van der Waals surface area contributed by atoms with Crippen LogP contribution in [-0.2, 0) is 9.53 Å². The molecule has 5 heteroatoms. The average molecular weight is 233 g/mol. The van der Waals surface area contributed by atoms with E-state index in [2.05, 4.69) is 0 Å². The van der Waals surface area contributed by atoms with Crippen LogP contribution in [0.3, 0.4) is 0 Å². The minimum absolute atomic E-state index is 0.0983. The van der Waals surface area contributed by atoms with Crippen molar-refractivity contribution in [2.75, 3.05) is 6.54 Å². The number of rotatable bonds is 6. The van der Waals surface area contributed by atoms with E-state index >= 15 is 0 Å². The van der Waals surface area contributed by atoms with Crippen molar-refractivity contribution in [3.05, 3.63) is 0 Å². The first kappa shape index (κ1) is 15.3. The summed E-state index contributed by atoms with van der Waals surface area (Å²) in [6.07, 6.45) is -1.07. The van der Waals surface area contributed by atoms with Gasteiger partial charge in [-0.3, -0.25) is 4.79 Å². The molecule has 0 aliphatic carbocycles. The lowest BCUT2D eigenvalue weighted by Gasteiger charge is -2.21. The SMILES string of the molecule is CC(C)(C)OC(=O)C[C@H](O)C[C@H](O)CCN. The highest BCUT2D eigenvalue weighted by molar-refractivity contribution is 5.70.